The van der Waals surface area contributed by atoms with Gasteiger partial charge in [0.25, 0.3) is 0 Å². The lowest BCUT2D eigenvalue weighted by atomic mass is 10.2. The van der Waals surface area contributed by atoms with E-state index >= 15 is 0 Å². The number of nitrogens with one attached hydrogen (secondary N) is 1. The molecule has 0 fully saturated rings. The second-order valence-corrected chi connectivity index (χ2v) is 4.65. The summed E-state index contributed by atoms with van der Waals surface area (Å²) >= 11 is 8.07. The molecule has 0 unspecified atom stereocenters. The van der Waals surface area contributed by atoms with Crippen LogP contribution in [0, 0.1) is 0 Å². The molecule has 0 amide bonds. The van der Waals surface area contributed by atoms with Gasteiger partial charge in [0.05, 0.1) is 13.3 Å². The molecule has 0 spiro atoms. The van der Waals surface area contributed by atoms with E-state index in [1.165, 1.54) is 0 Å². The maximum atomic E-state index is 5.48. The fraction of sp³-hybridized carbons (Fsp3) is 0.167. The zero-order valence-corrected chi connectivity index (χ0v) is 12.8. The largest absolute Gasteiger partial charge is 0.493 e. The minimum atomic E-state index is 0.102. The number of hydrazone groups is 1. The van der Waals surface area contributed by atoms with Crippen LogP contribution in [0.4, 0.5) is 0 Å². The molecule has 0 heterocycles. The molecule has 1 aromatic carbocycles. The fourth-order valence-corrected chi connectivity index (χ4v) is 1.71. The zero-order valence-electron chi connectivity index (χ0n) is 10.4. The van der Waals surface area contributed by atoms with Gasteiger partial charge in [-0.2, -0.15) is 5.10 Å². The first-order valence-corrected chi connectivity index (χ1v) is 6.48. The van der Waals surface area contributed by atoms with Crippen LogP contribution in [0.1, 0.15) is 5.56 Å². The summed E-state index contributed by atoms with van der Waals surface area (Å²) in [6, 6.07) is 3.58. The monoisotopic (exact) mass is 343 g/mol. The van der Waals surface area contributed by atoms with Crippen molar-refractivity contribution in [1.29, 1.82) is 0 Å². The van der Waals surface area contributed by atoms with Crippen LogP contribution in [0.25, 0.3) is 0 Å². The number of hydrogen-bond acceptors (Lipinski definition) is 4. The molecule has 0 bridgehead atoms. The summed E-state index contributed by atoms with van der Waals surface area (Å²) in [5.74, 6) is 1.22. The van der Waals surface area contributed by atoms with Crippen LogP contribution in [-0.4, -0.2) is 25.0 Å². The van der Waals surface area contributed by atoms with Crippen molar-refractivity contribution >= 4 is 39.5 Å². The van der Waals surface area contributed by atoms with Crippen molar-refractivity contribution in [3.05, 3.63) is 34.8 Å². The standard InChI is InChI=1S/C12H14BrN3O2S/c1-3-4-18-11-6-9(13)8(5-10(11)17-2)7-15-16-12(14)19/h3,5-7H,1,4H2,2H3,(H3,14,16,19)/b15-7-. The molecule has 1 aromatic rings. The zero-order chi connectivity index (χ0) is 14.3. The Labute approximate surface area is 125 Å². The molecule has 0 radical (unpaired) electrons. The van der Waals surface area contributed by atoms with Gasteiger partial charge in [0.15, 0.2) is 16.6 Å². The maximum absolute atomic E-state index is 5.48. The molecule has 0 saturated carbocycles. The van der Waals surface area contributed by atoms with E-state index in [2.05, 4.69) is 45.3 Å². The Morgan fingerprint density at radius 3 is 2.89 bits per heavy atom. The third kappa shape index (κ3) is 4.88. The highest BCUT2D eigenvalue weighted by Gasteiger charge is 2.08. The Morgan fingerprint density at radius 1 is 1.58 bits per heavy atom. The summed E-state index contributed by atoms with van der Waals surface area (Å²) in [6.45, 7) is 4.00. The minimum absolute atomic E-state index is 0.102. The van der Waals surface area contributed by atoms with E-state index < -0.39 is 0 Å². The molecule has 0 aliphatic rings. The lowest BCUT2D eigenvalue weighted by Gasteiger charge is -2.11. The summed E-state index contributed by atoms with van der Waals surface area (Å²) in [5, 5.41) is 3.99. The summed E-state index contributed by atoms with van der Waals surface area (Å²) in [6.07, 6.45) is 3.23. The van der Waals surface area contributed by atoms with Crippen LogP contribution in [0.2, 0.25) is 0 Å². The molecule has 19 heavy (non-hydrogen) atoms. The third-order valence-corrected chi connectivity index (χ3v) is 2.80. The summed E-state index contributed by atoms with van der Waals surface area (Å²) in [7, 11) is 1.57. The van der Waals surface area contributed by atoms with E-state index in [9.17, 15) is 0 Å². The van der Waals surface area contributed by atoms with Gasteiger partial charge in [-0.15, -0.1) is 0 Å². The Hall–Kier alpha value is -1.60. The van der Waals surface area contributed by atoms with Crippen molar-refractivity contribution in [2.24, 2.45) is 10.8 Å². The fourth-order valence-electron chi connectivity index (χ4n) is 1.24. The molecule has 3 N–H and O–H groups in total. The topological polar surface area (TPSA) is 68.9 Å². The quantitative estimate of drug-likeness (QED) is 0.358. The van der Waals surface area contributed by atoms with Gasteiger partial charge in [0, 0.05) is 10.0 Å². The Morgan fingerprint density at radius 2 is 2.32 bits per heavy atom. The third-order valence-electron chi connectivity index (χ3n) is 2.02. The number of nitrogens with zero attached hydrogens (tertiary/aromatic N) is 1. The first kappa shape index (κ1) is 15.5. The molecular formula is C12H14BrN3O2S. The number of hydrogen-bond donors (Lipinski definition) is 2. The maximum Gasteiger partial charge on any atom is 0.184 e. The molecule has 1 rings (SSSR count). The van der Waals surface area contributed by atoms with Crippen molar-refractivity contribution < 1.29 is 9.47 Å². The van der Waals surface area contributed by atoms with Crippen LogP contribution < -0.4 is 20.6 Å². The van der Waals surface area contributed by atoms with Crippen molar-refractivity contribution in [2.75, 3.05) is 13.7 Å². The van der Waals surface area contributed by atoms with Crippen LogP contribution >= 0.6 is 28.1 Å². The second kappa shape index (κ2) is 7.75. The predicted octanol–water partition coefficient (Wildman–Crippen LogP) is 2.19. The van der Waals surface area contributed by atoms with Gasteiger partial charge in [-0.05, 0) is 40.3 Å². The van der Waals surface area contributed by atoms with E-state index in [0.29, 0.717) is 18.1 Å². The highest BCUT2D eigenvalue weighted by atomic mass is 79.9. The highest BCUT2D eigenvalue weighted by molar-refractivity contribution is 9.10. The van der Waals surface area contributed by atoms with Crippen LogP contribution in [0.3, 0.4) is 0 Å². The van der Waals surface area contributed by atoms with Gasteiger partial charge in [-0.3, -0.25) is 5.43 Å². The second-order valence-electron chi connectivity index (χ2n) is 3.36. The first-order chi connectivity index (χ1) is 9.08. The van der Waals surface area contributed by atoms with E-state index in [0.717, 1.165) is 10.0 Å². The van der Waals surface area contributed by atoms with Crippen molar-refractivity contribution in [2.45, 2.75) is 0 Å². The predicted molar refractivity (Wildman–Crippen MR) is 83.9 cm³/mol. The minimum Gasteiger partial charge on any atom is -0.493 e. The van der Waals surface area contributed by atoms with Crippen LogP contribution in [-0.2, 0) is 0 Å². The summed E-state index contributed by atoms with van der Waals surface area (Å²) in [5.41, 5.74) is 8.55. The van der Waals surface area contributed by atoms with Gasteiger partial charge in [0.1, 0.15) is 6.61 Å². The SMILES string of the molecule is C=CCOc1cc(Br)c(/C=N\NC(N)=S)cc1OC. The summed E-state index contributed by atoms with van der Waals surface area (Å²) < 4.78 is 11.5. The van der Waals surface area contributed by atoms with Gasteiger partial charge < -0.3 is 15.2 Å². The number of ether oxygens (including phenoxy) is 2. The lowest BCUT2D eigenvalue weighted by molar-refractivity contribution is 0.326. The van der Waals surface area contributed by atoms with Crippen molar-refractivity contribution in [1.82, 2.24) is 5.43 Å². The lowest BCUT2D eigenvalue weighted by Crippen LogP contribution is -2.24. The number of nitrogens with two attached hydrogens (primary N) is 1. The molecule has 5 nitrogen and oxygen atoms in total. The van der Waals surface area contributed by atoms with Gasteiger partial charge in [-0.1, -0.05) is 12.7 Å². The molecule has 7 heteroatoms. The van der Waals surface area contributed by atoms with Crippen LogP contribution in [0.5, 0.6) is 11.5 Å². The number of halogens is 1. The molecule has 0 aliphatic carbocycles. The van der Waals surface area contributed by atoms with E-state index in [-0.39, 0.29) is 5.11 Å². The molecule has 102 valence electrons. The number of thiocarbonyl (C=S) groups is 1. The number of benzene rings is 1. The first-order valence-electron chi connectivity index (χ1n) is 5.28. The summed E-state index contributed by atoms with van der Waals surface area (Å²) in [4.78, 5) is 0. The van der Waals surface area contributed by atoms with E-state index in [4.69, 9.17) is 15.2 Å². The van der Waals surface area contributed by atoms with Crippen LogP contribution in [0.15, 0.2) is 34.4 Å². The number of methoxy groups -OCH3 is 1. The molecule has 0 aliphatic heterocycles. The average molecular weight is 344 g/mol. The van der Waals surface area contributed by atoms with Gasteiger partial charge >= 0.3 is 0 Å². The number of rotatable bonds is 6. The Bertz CT molecular complexity index is 506. The normalized spacial score (nSPS) is 10.2. The Balaban J connectivity index is 2.98. The molecule has 0 aromatic heterocycles. The van der Waals surface area contributed by atoms with Crippen molar-refractivity contribution in [3.63, 3.8) is 0 Å². The van der Waals surface area contributed by atoms with E-state index in [1.807, 2.05) is 0 Å². The van der Waals surface area contributed by atoms with E-state index in [1.54, 1.807) is 31.5 Å². The highest BCUT2D eigenvalue weighted by Crippen LogP contribution is 2.32. The molecular weight excluding hydrogens is 330 g/mol. The van der Waals surface area contributed by atoms with Gasteiger partial charge in [0.2, 0.25) is 0 Å². The average Bonchev–Trinajstić information content (AvgIpc) is 2.38. The molecule has 0 atom stereocenters. The molecule has 0 saturated heterocycles. The van der Waals surface area contributed by atoms with Crippen molar-refractivity contribution in [3.8, 4) is 11.5 Å². The smallest absolute Gasteiger partial charge is 0.184 e. The van der Waals surface area contributed by atoms with Gasteiger partial charge in [-0.25, -0.2) is 0 Å². The Kier molecular flexibility index (Phi) is 6.31.